The molecule has 6 nitrogen and oxygen atoms in total. The number of benzene rings is 3. The molecule has 1 unspecified atom stereocenters. The van der Waals surface area contributed by atoms with Crippen LogP contribution in [0.1, 0.15) is 35.7 Å². The zero-order valence-electron chi connectivity index (χ0n) is 19.4. The predicted molar refractivity (Wildman–Crippen MR) is 136 cm³/mol. The standard InChI is InChI=1S/C28H29N3O3/c1-18-7-11-22(12-8-18)30-28(34)31-25-14-9-19(2)17-21(25)15-16-29-27(33)24-13-10-20-5-3-4-6-23(20)26(24)32/h3-8,10-14,17,19,32H,9,15-16H2,1-2H3,(H,29,33)(H2,30,31,34). The molecular formula is C28H29N3O3. The van der Waals surface area contributed by atoms with Crippen LogP contribution in [0.25, 0.3) is 10.8 Å². The van der Waals surface area contributed by atoms with Gasteiger partial charge in [-0.25, -0.2) is 4.79 Å². The van der Waals surface area contributed by atoms with E-state index in [9.17, 15) is 14.7 Å². The Morgan fingerprint density at radius 2 is 1.76 bits per heavy atom. The second kappa shape index (κ2) is 10.3. The number of fused-ring (bicyclic) bond motifs is 1. The molecule has 1 atom stereocenters. The van der Waals surface area contributed by atoms with Crippen molar-refractivity contribution in [2.45, 2.75) is 26.7 Å². The largest absolute Gasteiger partial charge is 0.506 e. The molecule has 0 bridgehead atoms. The van der Waals surface area contributed by atoms with Crippen molar-refractivity contribution in [3.63, 3.8) is 0 Å². The highest BCUT2D eigenvalue weighted by atomic mass is 16.3. The molecule has 3 aromatic rings. The van der Waals surface area contributed by atoms with Crippen LogP contribution in [0.15, 0.2) is 84.1 Å². The number of anilines is 1. The molecule has 3 amide bonds. The van der Waals surface area contributed by atoms with Crippen molar-refractivity contribution < 1.29 is 14.7 Å². The molecule has 0 fully saturated rings. The summed E-state index contributed by atoms with van der Waals surface area (Å²) in [5.41, 5.74) is 3.82. The molecule has 1 aliphatic carbocycles. The summed E-state index contributed by atoms with van der Waals surface area (Å²) >= 11 is 0. The number of hydrogen-bond acceptors (Lipinski definition) is 3. The third kappa shape index (κ3) is 5.46. The van der Waals surface area contributed by atoms with Crippen LogP contribution in [-0.2, 0) is 0 Å². The van der Waals surface area contributed by atoms with Gasteiger partial charge in [-0.15, -0.1) is 0 Å². The van der Waals surface area contributed by atoms with E-state index < -0.39 is 0 Å². The van der Waals surface area contributed by atoms with Crippen molar-refractivity contribution in [2.75, 3.05) is 11.9 Å². The van der Waals surface area contributed by atoms with E-state index in [1.165, 1.54) is 0 Å². The summed E-state index contributed by atoms with van der Waals surface area (Å²) in [6, 6.07) is 18.2. The lowest BCUT2D eigenvalue weighted by molar-refractivity contribution is 0.0951. The number of carbonyl (C=O) groups excluding carboxylic acids is 2. The van der Waals surface area contributed by atoms with Gasteiger partial charge >= 0.3 is 6.03 Å². The number of amides is 3. The summed E-state index contributed by atoms with van der Waals surface area (Å²) in [6.45, 7) is 4.49. The molecule has 0 aromatic heterocycles. The molecule has 0 aliphatic heterocycles. The minimum Gasteiger partial charge on any atom is -0.506 e. The van der Waals surface area contributed by atoms with Crippen LogP contribution in [0.3, 0.4) is 0 Å². The van der Waals surface area contributed by atoms with Gasteiger partial charge in [0.25, 0.3) is 5.91 Å². The van der Waals surface area contributed by atoms with E-state index in [0.29, 0.717) is 24.3 Å². The predicted octanol–water partition coefficient (Wildman–Crippen LogP) is 5.65. The molecule has 0 saturated carbocycles. The first kappa shape index (κ1) is 23.1. The van der Waals surface area contributed by atoms with Crippen LogP contribution in [0.4, 0.5) is 10.5 Å². The van der Waals surface area contributed by atoms with Crippen molar-refractivity contribution in [2.24, 2.45) is 5.92 Å². The number of rotatable bonds is 6. The van der Waals surface area contributed by atoms with E-state index in [4.69, 9.17) is 0 Å². The Balaban J connectivity index is 1.36. The van der Waals surface area contributed by atoms with Crippen LogP contribution >= 0.6 is 0 Å². The molecule has 0 saturated heterocycles. The maximum Gasteiger partial charge on any atom is 0.323 e. The first-order valence-electron chi connectivity index (χ1n) is 11.5. The molecule has 1 aliphatic rings. The topological polar surface area (TPSA) is 90.5 Å². The average Bonchev–Trinajstić information content (AvgIpc) is 2.82. The maximum absolute atomic E-state index is 12.7. The highest BCUT2D eigenvalue weighted by Gasteiger charge is 2.17. The zero-order chi connectivity index (χ0) is 24.1. The molecular weight excluding hydrogens is 426 g/mol. The number of aryl methyl sites for hydroxylation is 1. The molecule has 6 heteroatoms. The van der Waals surface area contributed by atoms with E-state index in [1.807, 2.05) is 61.5 Å². The molecule has 174 valence electrons. The van der Waals surface area contributed by atoms with Gasteiger partial charge in [0.1, 0.15) is 5.75 Å². The van der Waals surface area contributed by atoms with Gasteiger partial charge in [0.2, 0.25) is 0 Å². The fraction of sp³-hybridized carbons (Fsp3) is 0.214. The zero-order valence-corrected chi connectivity index (χ0v) is 19.4. The quantitative estimate of drug-likeness (QED) is 0.387. The van der Waals surface area contributed by atoms with E-state index in [-0.39, 0.29) is 23.3 Å². The van der Waals surface area contributed by atoms with Crippen molar-refractivity contribution in [1.82, 2.24) is 10.6 Å². The number of phenolic OH excluding ortho intramolecular Hbond substituents is 1. The van der Waals surface area contributed by atoms with Gasteiger partial charge in [-0.2, -0.15) is 0 Å². The van der Waals surface area contributed by atoms with Crippen molar-refractivity contribution in [1.29, 1.82) is 0 Å². The average molecular weight is 456 g/mol. The molecule has 4 N–H and O–H groups in total. The first-order chi connectivity index (χ1) is 16.4. The molecule has 3 aromatic carbocycles. The van der Waals surface area contributed by atoms with Crippen LogP contribution in [-0.4, -0.2) is 23.6 Å². The molecule has 0 spiro atoms. The van der Waals surface area contributed by atoms with Gasteiger partial charge in [0.15, 0.2) is 0 Å². The van der Waals surface area contributed by atoms with Crippen LogP contribution < -0.4 is 16.0 Å². The maximum atomic E-state index is 12.7. The Kier molecular flexibility index (Phi) is 6.97. The Hall–Kier alpha value is -4.06. The third-order valence-electron chi connectivity index (χ3n) is 5.91. The van der Waals surface area contributed by atoms with Gasteiger partial charge in [-0.3, -0.25) is 4.79 Å². The minimum absolute atomic E-state index is 0.0175. The van der Waals surface area contributed by atoms with Gasteiger partial charge in [-0.1, -0.05) is 67.1 Å². The summed E-state index contributed by atoms with van der Waals surface area (Å²) in [6.07, 6.45) is 5.54. The highest BCUT2D eigenvalue weighted by molar-refractivity contribution is 6.03. The number of urea groups is 1. The Morgan fingerprint density at radius 3 is 2.56 bits per heavy atom. The van der Waals surface area contributed by atoms with Crippen molar-refractivity contribution >= 4 is 28.4 Å². The summed E-state index contributed by atoms with van der Waals surface area (Å²) in [5.74, 6) is 0.000361. The number of allylic oxidation sites excluding steroid dienone is 3. The fourth-order valence-electron chi connectivity index (χ4n) is 4.05. The van der Waals surface area contributed by atoms with Gasteiger partial charge in [0.05, 0.1) is 5.56 Å². The number of carbonyl (C=O) groups is 2. The van der Waals surface area contributed by atoms with Crippen LogP contribution in [0.2, 0.25) is 0 Å². The first-order valence-corrected chi connectivity index (χ1v) is 11.5. The monoisotopic (exact) mass is 455 g/mol. The molecule has 34 heavy (non-hydrogen) atoms. The SMILES string of the molecule is Cc1ccc(NC(=O)NC2=CCC(C)C=C2CCNC(=O)c2ccc3ccccc3c2O)cc1. The molecule has 4 rings (SSSR count). The van der Waals surface area contributed by atoms with E-state index in [1.54, 1.807) is 12.1 Å². The normalized spacial score (nSPS) is 15.3. The highest BCUT2D eigenvalue weighted by Crippen LogP contribution is 2.28. The lowest BCUT2D eigenvalue weighted by Gasteiger charge is -2.21. The Labute approximate surface area is 199 Å². The minimum atomic E-state index is -0.330. The van der Waals surface area contributed by atoms with E-state index in [0.717, 1.165) is 34.3 Å². The van der Waals surface area contributed by atoms with Gasteiger partial charge in [0, 0.05) is 23.3 Å². The van der Waals surface area contributed by atoms with E-state index in [2.05, 4.69) is 29.0 Å². The second-order valence-electron chi connectivity index (χ2n) is 8.66. The van der Waals surface area contributed by atoms with Crippen LogP contribution in [0.5, 0.6) is 5.75 Å². The summed E-state index contributed by atoms with van der Waals surface area (Å²) in [7, 11) is 0. The van der Waals surface area contributed by atoms with Gasteiger partial charge < -0.3 is 21.1 Å². The number of hydrogen-bond donors (Lipinski definition) is 4. The van der Waals surface area contributed by atoms with Crippen LogP contribution in [0, 0.1) is 12.8 Å². The lowest BCUT2D eigenvalue weighted by Crippen LogP contribution is -2.31. The van der Waals surface area contributed by atoms with Gasteiger partial charge in [-0.05, 0) is 54.8 Å². The van der Waals surface area contributed by atoms with E-state index >= 15 is 0 Å². The third-order valence-corrected chi connectivity index (χ3v) is 5.91. The number of phenols is 1. The lowest BCUT2D eigenvalue weighted by atomic mass is 9.93. The van der Waals surface area contributed by atoms with Crippen molar-refractivity contribution in [3.8, 4) is 5.75 Å². The summed E-state index contributed by atoms with van der Waals surface area (Å²) < 4.78 is 0. The summed E-state index contributed by atoms with van der Waals surface area (Å²) in [5, 5.41) is 20.7. The molecule has 0 heterocycles. The van der Waals surface area contributed by atoms with Crippen molar-refractivity contribution in [3.05, 3.63) is 95.2 Å². The number of nitrogens with one attached hydrogen (secondary N) is 3. The second-order valence-corrected chi connectivity index (χ2v) is 8.66. The summed E-state index contributed by atoms with van der Waals surface area (Å²) in [4.78, 5) is 25.2. The number of aromatic hydroxyl groups is 1. The fourth-order valence-corrected chi connectivity index (χ4v) is 4.05. The molecule has 0 radical (unpaired) electrons. The Bertz CT molecular complexity index is 1280. The Morgan fingerprint density at radius 1 is 1.00 bits per heavy atom. The smallest absolute Gasteiger partial charge is 0.323 e.